The molecule has 0 radical (unpaired) electrons. The van der Waals surface area contributed by atoms with Gasteiger partial charge in [-0.1, -0.05) is 30.1 Å². The molecule has 0 aliphatic heterocycles. The third-order valence-corrected chi connectivity index (χ3v) is 3.17. The number of hydrogen-bond donors (Lipinski definition) is 1. The summed E-state index contributed by atoms with van der Waals surface area (Å²) in [4.78, 5) is 11.6. The second-order valence-corrected chi connectivity index (χ2v) is 6.03. The summed E-state index contributed by atoms with van der Waals surface area (Å²) in [7, 11) is -3.47. The van der Waals surface area contributed by atoms with Gasteiger partial charge in [-0.3, -0.25) is 9.52 Å². The average molecular weight is 296 g/mol. The van der Waals surface area contributed by atoms with Gasteiger partial charge >= 0.3 is 0 Å². The summed E-state index contributed by atoms with van der Waals surface area (Å²) in [6.45, 7) is 1.68. The van der Waals surface area contributed by atoms with Crippen molar-refractivity contribution in [3.63, 3.8) is 0 Å². The SMILES string of the molecule is CCC(=O)c1cc(Cl)cc(NS(C)(=O)=O)c1Cl. The van der Waals surface area contributed by atoms with Crippen LogP contribution in [-0.2, 0) is 10.0 Å². The number of carbonyl (C=O) groups excluding carboxylic acids is 1. The number of nitrogens with one attached hydrogen (secondary N) is 1. The number of halogens is 2. The van der Waals surface area contributed by atoms with E-state index in [4.69, 9.17) is 23.2 Å². The molecule has 0 spiro atoms. The topological polar surface area (TPSA) is 63.2 Å². The summed E-state index contributed by atoms with van der Waals surface area (Å²) in [5.41, 5.74) is 0.325. The van der Waals surface area contributed by atoms with Crippen molar-refractivity contribution in [3.8, 4) is 0 Å². The number of ketones is 1. The Labute approximate surface area is 110 Å². The molecule has 7 heteroatoms. The van der Waals surface area contributed by atoms with E-state index in [-0.39, 0.29) is 33.5 Å². The average Bonchev–Trinajstić information content (AvgIpc) is 2.19. The minimum atomic E-state index is -3.47. The molecule has 0 unspecified atom stereocenters. The van der Waals surface area contributed by atoms with Crippen LogP contribution in [0.2, 0.25) is 10.0 Å². The lowest BCUT2D eigenvalue weighted by Crippen LogP contribution is -2.11. The van der Waals surface area contributed by atoms with Gasteiger partial charge in [0.25, 0.3) is 0 Å². The maximum Gasteiger partial charge on any atom is 0.229 e. The molecule has 17 heavy (non-hydrogen) atoms. The van der Waals surface area contributed by atoms with Gasteiger partial charge in [0, 0.05) is 17.0 Å². The van der Waals surface area contributed by atoms with Crippen LogP contribution in [0, 0.1) is 0 Å². The molecule has 1 aromatic rings. The Morgan fingerprint density at radius 3 is 2.41 bits per heavy atom. The number of Topliss-reactive ketones (excluding diaryl/α,β-unsaturated/α-hetero) is 1. The summed E-state index contributed by atoms with van der Waals surface area (Å²) in [5.74, 6) is -0.200. The summed E-state index contributed by atoms with van der Waals surface area (Å²) < 4.78 is 24.4. The molecule has 0 saturated carbocycles. The highest BCUT2D eigenvalue weighted by Crippen LogP contribution is 2.31. The highest BCUT2D eigenvalue weighted by molar-refractivity contribution is 7.92. The van der Waals surface area contributed by atoms with Gasteiger partial charge in [-0.15, -0.1) is 0 Å². The van der Waals surface area contributed by atoms with Gasteiger partial charge in [0.1, 0.15) is 0 Å². The zero-order chi connectivity index (χ0) is 13.2. The van der Waals surface area contributed by atoms with E-state index in [1.807, 2.05) is 0 Å². The van der Waals surface area contributed by atoms with E-state index in [1.54, 1.807) is 6.92 Å². The van der Waals surface area contributed by atoms with E-state index in [0.717, 1.165) is 6.26 Å². The number of benzene rings is 1. The summed E-state index contributed by atoms with van der Waals surface area (Å²) >= 11 is 11.8. The first-order chi connectivity index (χ1) is 7.74. The predicted molar refractivity (Wildman–Crippen MR) is 69.6 cm³/mol. The standard InChI is InChI=1S/C10H11Cl2NO3S/c1-3-9(14)7-4-6(11)5-8(10(7)12)13-17(2,15)16/h4-5,13H,3H2,1-2H3. The second kappa shape index (κ2) is 5.25. The van der Waals surface area contributed by atoms with Crippen molar-refractivity contribution in [1.82, 2.24) is 0 Å². The zero-order valence-corrected chi connectivity index (χ0v) is 11.6. The fourth-order valence-electron chi connectivity index (χ4n) is 1.26. The fraction of sp³-hybridized carbons (Fsp3) is 0.300. The summed E-state index contributed by atoms with van der Waals surface area (Å²) in [6, 6.07) is 2.78. The van der Waals surface area contributed by atoms with Crippen LogP contribution in [0.15, 0.2) is 12.1 Å². The summed E-state index contributed by atoms with van der Waals surface area (Å²) in [6.07, 6.45) is 1.25. The maximum absolute atomic E-state index is 11.6. The van der Waals surface area contributed by atoms with Crippen molar-refractivity contribution in [1.29, 1.82) is 0 Å². The molecule has 0 fully saturated rings. The lowest BCUT2D eigenvalue weighted by molar-refractivity contribution is 0.0988. The Morgan fingerprint density at radius 1 is 1.35 bits per heavy atom. The second-order valence-electron chi connectivity index (χ2n) is 3.47. The molecule has 0 saturated heterocycles. The Balaban J connectivity index is 3.33. The molecule has 0 aromatic heterocycles. The normalized spacial score (nSPS) is 11.3. The Kier molecular flexibility index (Phi) is 4.41. The molecular formula is C10H11Cl2NO3S. The molecule has 1 rings (SSSR count). The smallest absolute Gasteiger partial charge is 0.229 e. The molecule has 94 valence electrons. The molecule has 0 amide bonds. The monoisotopic (exact) mass is 295 g/mol. The maximum atomic E-state index is 11.6. The van der Waals surface area contributed by atoms with Crippen LogP contribution in [0.1, 0.15) is 23.7 Å². The molecule has 0 heterocycles. The van der Waals surface area contributed by atoms with Crippen molar-refractivity contribution in [3.05, 3.63) is 27.7 Å². The molecule has 0 aliphatic rings. The van der Waals surface area contributed by atoms with Gasteiger partial charge in [0.2, 0.25) is 10.0 Å². The Bertz CT molecular complexity index is 555. The number of sulfonamides is 1. The van der Waals surface area contributed by atoms with Crippen molar-refractivity contribution < 1.29 is 13.2 Å². The number of anilines is 1. The number of carbonyl (C=O) groups is 1. The first-order valence-corrected chi connectivity index (χ1v) is 7.39. The molecule has 0 bridgehead atoms. The minimum Gasteiger partial charge on any atom is -0.294 e. The van der Waals surface area contributed by atoms with E-state index in [1.165, 1.54) is 12.1 Å². The van der Waals surface area contributed by atoms with Crippen molar-refractivity contribution in [2.24, 2.45) is 0 Å². The van der Waals surface area contributed by atoms with Gasteiger partial charge in [0.15, 0.2) is 5.78 Å². The molecule has 0 atom stereocenters. The van der Waals surface area contributed by atoms with Crippen LogP contribution in [0.4, 0.5) is 5.69 Å². The van der Waals surface area contributed by atoms with Gasteiger partial charge < -0.3 is 0 Å². The molecule has 1 N–H and O–H groups in total. The minimum absolute atomic E-state index is 0.0617. The molecule has 0 aliphatic carbocycles. The van der Waals surface area contributed by atoms with Crippen LogP contribution in [-0.4, -0.2) is 20.5 Å². The van der Waals surface area contributed by atoms with E-state index >= 15 is 0 Å². The van der Waals surface area contributed by atoms with Gasteiger partial charge in [-0.05, 0) is 12.1 Å². The fourth-order valence-corrected chi connectivity index (χ4v) is 2.35. The van der Waals surface area contributed by atoms with Crippen LogP contribution in [0.3, 0.4) is 0 Å². The first kappa shape index (κ1) is 14.3. The van der Waals surface area contributed by atoms with Gasteiger partial charge in [-0.2, -0.15) is 0 Å². The number of hydrogen-bond acceptors (Lipinski definition) is 3. The van der Waals surface area contributed by atoms with E-state index in [0.29, 0.717) is 0 Å². The van der Waals surface area contributed by atoms with Crippen LogP contribution in [0.5, 0.6) is 0 Å². The lowest BCUT2D eigenvalue weighted by Gasteiger charge is -2.10. The highest BCUT2D eigenvalue weighted by Gasteiger charge is 2.15. The van der Waals surface area contributed by atoms with Crippen molar-refractivity contribution in [2.75, 3.05) is 11.0 Å². The molecule has 1 aromatic carbocycles. The highest BCUT2D eigenvalue weighted by atomic mass is 35.5. The predicted octanol–water partition coefficient (Wildman–Crippen LogP) is 2.96. The Hall–Kier alpha value is -0.780. The quantitative estimate of drug-likeness (QED) is 0.869. The zero-order valence-electron chi connectivity index (χ0n) is 9.25. The van der Waals surface area contributed by atoms with E-state index in [9.17, 15) is 13.2 Å². The first-order valence-electron chi connectivity index (χ1n) is 4.74. The largest absolute Gasteiger partial charge is 0.294 e. The van der Waals surface area contributed by atoms with Crippen molar-refractivity contribution >= 4 is 44.7 Å². The Morgan fingerprint density at radius 2 is 1.94 bits per heavy atom. The van der Waals surface area contributed by atoms with Crippen LogP contribution >= 0.6 is 23.2 Å². The van der Waals surface area contributed by atoms with Gasteiger partial charge in [0.05, 0.1) is 17.0 Å². The molecule has 4 nitrogen and oxygen atoms in total. The molecular weight excluding hydrogens is 285 g/mol. The lowest BCUT2D eigenvalue weighted by atomic mass is 10.1. The van der Waals surface area contributed by atoms with E-state index in [2.05, 4.69) is 4.72 Å². The third-order valence-electron chi connectivity index (χ3n) is 1.95. The van der Waals surface area contributed by atoms with Gasteiger partial charge in [-0.25, -0.2) is 8.42 Å². The number of rotatable bonds is 4. The van der Waals surface area contributed by atoms with Crippen molar-refractivity contribution in [2.45, 2.75) is 13.3 Å². The van der Waals surface area contributed by atoms with Crippen LogP contribution < -0.4 is 4.72 Å². The third kappa shape index (κ3) is 3.87. The van der Waals surface area contributed by atoms with E-state index < -0.39 is 10.0 Å². The van der Waals surface area contributed by atoms with Crippen LogP contribution in [0.25, 0.3) is 0 Å². The summed E-state index contributed by atoms with van der Waals surface area (Å²) in [5, 5.41) is 0.309.